The highest BCUT2D eigenvalue weighted by Crippen LogP contribution is 2.32. The molecule has 166 valence electrons. The Morgan fingerprint density at radius 1 is 1.12 bits per heavy atom. The van der Waals surface area contributed by atoms with Gasteiger partial charge in [-0.2, -0.15) is 0 Å². The van der Waals surface area contributed by atoms with Gasteiger partial charge in [0.15, 0.2) is 0 Å². The number of carbonyl (C=O) groups excluding carboxylic acids is 2. The molecule has 1 atom stereocenters. The number of aliphatic imine (C=N–C) groups is 1. The molecule has 2 aromatic carbocycles. The van der Waals surface area contributed by atoms with Crippen LogP contribution in [0.3, 0.4) is 0 Å². The Labute approximate surface area is 187 Å². The van der Waals surface area contributed by atoms with Crippen molar-refractivity contribution in [3.63, 3.8) is 0 Å². The van der Waals surface area contributed by atoms with E-state index in [4.69, 9.17) is 5.73 Å². The summed E-state index contributed by atoms with van der Waals surface area (Å²) in [6.07, 6.45) is 3.55. The van der Waals surface area contributed by atoms with E-state index in [0.717, 1.165) is 42.6 Å². The Hall–Kier alpha value is -3.45. The molecule has 0 saturated carbocycles. The molecule has 0 unspecified atom stereocenters. The predicted molar refractivity (Wildman–Crippen MR) is 126 cm³/mol. The average Bonchev–Trinajstić information content (AvgIpc) is 3.26. The molecule has 0 aliphatic carbocycles. The zero-order chi connectivity index (χ0) is 22.7. The molecule has 1 saturated heterocycles. The highest BCUT2D eigenvalue weighted by Gasteiger charge is 2.20. The van der Waals surface area contributed by atoms with Crippen molar-refractivity contribution < 1.29 is 14.7 Å². The summed E-state index contributed by atoms with van der Waals surface area (Å²) >= 11 is 0. The molecule has 7 nitrogen and oxygen atoms in total. The van der Waals surface area contributed by atoms with E-state index in [2.05, 4.69) is 10.3 Å². The van der Waals surface area contributed by atoms with Gasteiger partial charge in [-0.3, -0.25) is 9.59 Å². The van der Waals surface area contributed by atoms with Crippen LogP contribution in [0.2, 0.25) is 0 Å². The summed E-state index contributed by atoms with van der Waals surface area (Å²) in [6, 6.07) is 13.4. The van der Waals surface area contributed by atoms with Crippen LogP contribution in [0, 0.1) is 0 Å². The van der Waals surface area contributed by atoms with Gasteiger partial charge in [-0.1, -0.05) is 24.3 Å². The monoisotopic (exact) mass is 432 g/mol. The number of likely N-dealkylation sites (tertiary alicyclic amines) is 1. The lowest BCUT2D eigenvalue weighted by Gasteiger charge is -2.15. The molecular formula is C25H28N4O3. The molecule has 0 aromatic heterocycles. The first kappa shape index (κ1) is 21.8. The number of amidine groups is 1. The number of fused-ring (bicyclic) bond motifs is 1. The third-order valence-corrected chi connectivity index (χ3v) is 5.70. The lowest BCUT2D eigenvalue weighted by Crippen LogP contribution is -2.32. The minimum Gasteiger partial charge on any atom is -0.392 e. The van der Waals surface area contributed by atoms with Crippen LogP contribution in [0.1, 0.15) is 42.1 Å². The van der Waals surface area contributed by atoms with Crippen LogP contribution >= 0.6 is 0 Å². The number of hydrogen-bond acceptors (Lipinski definition) is 5. The third kappa shape index (κ3) is 4.89. The average molecular weight is 433 g/mol. The molecule has 4 N–H and O–H groups in total. The summed E-state index contributed by atoms with van der Waals surface area (Å²) in [5, 5.41) is 12.1. The van der Waals surface area contributed by atoms with Gasteiger partial charge in [-0.25, -0.2) is 4.99 Å². The molecule has 0 spiro atoms. The van der Waals surface area contributed by atoms with Gasteiger partial charge in [-0.05, 0) is 55.2 Å². The fourth-order valence-electron chi connectivity index (χ4n) is 3.98. The highest BCUT2D eigenvalue weighted by molar-refractivity contribution is 6.05. The summed E-state index contributed by atoms with van der Waals surface area (Å²) in [4.78, 5) is 31.4. The maximum absolute atomic E-state index is 12.6. The minimum absolute atomic E-state index is 0.0832. The van der Waals surface area contributed by atoms with Crippen LogP contribution in [0.5, 0.6) is 0 Å². The molecule has 2 aliphatic heterocycles. The number of rotatable bonds is 5. The lowest BCUT2D eigenvalue weighted by molar-refractivity contribution is -0.117. The number of amides is 2. The summed E-state index contributed by atoms with van der Waals surface area (Å²) in [5.41, 5.74) is 10.7. The second kappa shape index (κ2) is 9.36. The van der Waals surface area contributed by atoms with E-state index in [1.807, 2.05) is 47.4 Å². The number of hydrogen-bond donors (Lipinski definition) is 3. The van der Waals surface area contributed by atoms with Crippen LogP contribution in [0.25, 0.3) is 17.2 Å². The highest BCUT2D eigenvalue weighted by atomic mass is 16.3. The Morgan fingerprint density at radius 2 is 1.81 bits per heavy atom. The van der Waals surface area contributed by atoms with E-state index in [-0.39, 0.29) is 24.8 Å². The quantitative estimate of drug-likeness (QED) is 0.675. The van der Waals surface area contributed by atoms with Crippen LogP contribution in [-0.2, 0) is 4.79 Å². The standard InChI is InChI=1S/C25H28N4O3/c1-16(30)15-27-24(31)21-12-20-9-8-19(13-22(20)28-23(26)14-21)17-4-6-18(7-5-17)25(32)29-10-2-3-11-29/h4-9,12-13,16,30H,2-3,10-11,14-15H2,1H3,(H2,26,28)(H,27,31)/t16-/m1/s1. The van der Waals surface area contributed by atoms with Gasteiger partial charge < -0.3 is 21.1 Å². The summed E-state index contributed by atoms with van der Waals surface area (Å²) in [5.74, 6) is 0.171. The third-order valence-electron chi connectivity index (χ3n) is 5.70. The number of carbonyl (C=O) groups is 2. The van der Waals surface area contributed by atoms with Gasteiger partial charge in [0, 0.05) is 42.8 Å². The molecule has 32 heavy (non-hydrogen) atoms. The van der Waals surface area contributed by atoms with Crippen LogP contribution in [0.4, 0.5) is 5.69 Å². The molecule has 2 heterocycles. The fraction of sp³-hybridized carbons (Fsp3) is 0.320. The lowest BCUT2D eigenvalue weighted by atomic mass is 10.00. The fourth-order valence-corrected chi connectivity index (χ4v) is 3.98. The smallest absolute Gasteiger partial charge is 0.253 e. The van der Waals surface area contributed by atoms with E-state index in [0.29, 0.717) is 22.7 Å². The minimum atomic E-state index is -0.622. The Bertz CT molecular complexity index is 1080. The van der Waals surface area contributed by atoms with Crippen molar-refractivity contribution in [2.45, 2.75) is 32.3 Å². The molecule has 1 fully saturated rings. The van der Waals surface area contributed by atoms with Gasteiger partial charge in [-0.15, -0.1) is 0 Å². The predicted octanol–water partition coefficient (Wildman–Crippen LogP) is 2.86. The van der Waals surface area contributed by atoms with Crippen molar-refractivity contribution in [3.8, 4) is 11.1 Å². The maximum atomic E-state index is 12.6. The first-order valence-electron chi connectivity index (χ1n) is 10.9. The van der Waals surface area contributed by atoms with Crippen molar-refractivity contribution in [1.29, 1.82) is 0 Å². The molecule has 2 amide bonds. The van der Waals surface area contributed by atoms with E-state index in [1.54, 1.807) is 13.0 Å². The number of nitrogens with two attached hydrogens (primary N) is 1. The topological polar surface area (TPSA) is 108 Å². The van der Waals surface area contributed by atoms with Gasteiger partial charge >= 0.3 is 0 Å². The van der Waals surface area contributed by atoms with Gasteiger partial charge in [0.05, 0.1) is 11.8 Å². The van der Waals surface area contributed by atoms with Gasteiger partial charge in [0.1, 0.15) is 5.84 Å². The number of nitrogens with zero attached hydrogens (tertiary/aromatic N) is 2. The Morgan fingerprint density at radius 3 is 2.50 bits per heavy atom. The van der Waals surface area contributed by atoms with Crippen molar-refractivity contribution in [2.75, 3.05) is 19.6 Å². The van der Waals surface area contributed by atoms with E-state index in [9.17, 15) is 14.7 Å². The second-order valence-electron chi connectivity index (χ2n) is 8.36. The summed E-state index contributed by atoms with van der Waals surface area (Å²) < 4.78 is 0. The number of aliphatic hydroxyl groups excluding tert-OH is 1. The molecule has 7 heteroatoms. The van der Waals surface area contributed by atoms with Gasteiger partial charge in [0.2, 0.25) is 5.91 Å². The SMILES string of the molecule is C[C@@H](O)CNC(=O)C1=Cc2ccc(-c3ccc(C(=O)N4CCCC4)cc3)cc2N=C(N)C1. The Balaban J connectivity index is 1.56. The number of aliphatic hydroxyl groups is 1. The zero-order valence-corrected chi connectivity index (χ0v) is 18.2. The van der Waals surface area contributed by atoms with Crippen molar-refractivity contribution >= 4 is 29.4 Å². The van der Waals surface area contributed by atoms with Crippen LogP contribution in [-0.4, -0.2) is 53.4 Å². The van der Waals surface area contributed by atoms with E-state index < -0.39 is 6.10 Å². The first-order valence-corrected chi connectivity index (χ1v) is 10.9. The molecule has 2 aromatic rings. The molecule has 2 aliphatic rings. The molecule has 0 radical (unpaired) electrons. The van der Waals surface area contributed by atoms with E-state index in [1.165, 1.54) is 0 Å². The van der Waals surface area contributed by atoms with Crippen molar-refractivity contribution in [3.05, 3.63) is 59.2 Å². The summed E-state index contributed by atoms with van der Waals surface area (Å²) in [6.45, 7) is 3.45. The number of benzene rings is 2. The Kier molecular flexibility index (Phi) is 6.37. The van der Waals surface area contributed by atoms with E-state index >= 15 is 0 Å². The number of nitrogens with one attached hydrogen (secondary N) is 1. The molecule has 0 bridgehead atoms. The first-order chi connectivity index (χ1) is 15.4. The normalized spacial score (nSPS) is 16.5. The summed E-state index contributed by atoms with van der Waals surface area (Å²) in [7, 11) is 0. The van der Waals surface area contributed by atoms with Crippen molar-refractivity contribution in [2.24, 2.45) is 10.7 Å². The van der Waals surface area contributed by atoms with Gasteiger partial charge in [0.25, 0.3) is 5.91 Å². The van der Waals surface area contributed by atoms with Crippen LogP contribution in [0.15, 0.2) is 53.0 Å². The maximum Gasteiger partial charge on any atom is 0.253 e. The second-order valence-corrected chi connectivity index (χ2v) is 8.36. The zero-order valence-electron chi connectivity index (χ0n) is 18.2. The van der Waals surface area contributed by atoms with Crippen molar-refractivity contribution in [1.82, 2.24) is 10.2 Å². The molecule has 4 rings (SSSR count). The molecular weight excluding hydrogens is 404 g/mol. The largest absolute Gasteiger partial charge is 0.392 e. The van der Waals surface area contributed by atoms with Crippen LogP contribution < -0.4 is 11.1 Å².